The molecule has 0 saturated carbocycles. The molecule has 0 radical (unpaired) electrons. The Kier molecular flexibility index (Phi) is 2.33. The van der Waals surface area contributed by atoms with Crippen molar-refractivity contribution >= 4 is 5.95 Å². The Morgan fingerprint density at radius 2 is 2.44 bits per heavy atom. The molecule has 0 aliphatic carbocycles. The lowest BCUT2D eigenvalue weighted by atomic mass is 9.90. The lowest BCUT2D eigenvalue weighted by molar-refractivity contribution is -0.0962. The summed E-state index contributed by atoms with van der Waals surface area (Å²) < 4.78 is 13.2. The van der Waals surface area contributed by atoms with Gasteiger partial charge < -0.3 is 15.2 Å². The van der Waals surface area contributed by atoms with Gasteiger partial charge in [-0.3, -0.25) is 0 Å². The van der Waals surface area contributed by atoms with Crippen molar-refractivity contribution in [2.45, 2.75) is 30.9 Å². The topological polar surface area (TPSA) is 75.2 Å². The van der Waals surface area contributed by atoms with Crippen molar-refractivity contribution in [3.8, 4) is 0 Å². The average Bonchev–Trinajstić information content (AvgIpc) is 2.89. The van der Waals surface area contributed by atoms with E-state index in [-0.39, 0.29) is 5.60 Å². The molecular weight excluding hydrogens is 208 g/mol. The molecule has 2 aliphatic rings. The number of anilines is 1. The fourth-order valence-corrected chi connectivity index (χ4v) is 2.56. The van der Waals surface area contributed by atoms with E-state index in [2.05, 4.69) is 10.1 Å². The third-order valence-electron chi connectivity index (χ3n) is 3.43. The first-order valence-corrected chi connectivity index (χ1v) is 5.66. The van der Waals surface area contributed by atoms with Crippen LogP contribution in [0.25, 0.3) is 0 Å². The summed E-state index contributed by atoms with van der Waals surface area (Å²) in [5, 5.41) is 4.18. The molecule has 0 amide bonds. The van der Waals surface area contributed by atoms with Gasteiger partial charge >= 0.3 is 0 Å². The van der Waals surface area contributed by atoms with Crippen molar-refractivity contribution in [1.29, 1.82) is 0 Å². The molecule has 2 fully saturated rings. The molecule has 2 N–H and O–H groups in total. The summed E-state index contributed by atoms with van der Waals surface area (Å²) in [6.07, 6.45) is 4.59. The van der Waals surface area contributed by atoms with E-state index in [9.17, 15) is 0 Å². The molecule has 3 heterocycles. The highest BCUT2D eigenvalue weighted by molar-refractivity contribution is 5.10. The predicted molar refractivity (Wildman–Crippen MR) is 56.8 cm³/mol. The van der Waals surface area contributed by atoms with Gasteiger partial charge in [0.2, 0.25) is 5.95 Å². The monoisotopic (exact) mass is 224 g/mol. The van der Waals surface area contributed by atoms with E-state index in [4.69, 9.17) is 15.2 Å². The molecule has 0 aromatic carbocycles. The molecule has 1 aromatic rings. The van der Waals surface area contributed by atoms with Crippen molar-refractivity contribution in [3.05, 3.63) is 6.33 Å². The van der Waals surface area contributed by atoms with E-state index in [1.54, 1.807) is 6.33 Å². The summed E-state index contributed by atoms with van der Waals surface area (Å²) in [4.78, 5) is 3.96. The van der Waals surface area contributed by atoms with Crippen molar-refractivity contribution in [1.82, 2.24) is 14.8 Å². The summed E-state index contributed by atoms with van der Waals surface area (Å²) in [5.41, 5.74) is 5.44. The fraction of sp³-hybridized carbons (Fsp3) is 0.800. The van der Waals surface area contributed by atoms with Gasteiger partial charge in [0.05, 0.1) is 18.2 Å². The first-order valence-electron chi connectivity index (χ1n) is 5.66. The zero-order chi connectivity index (χ0) is 11.0. The second kappa shape index (κ2) is 3.71. The molecule has 88 valence electrons. The number of nitrogens with two attached hydrogens (primary N) is 1. The van der Waals surface area contributed by atoms with E-state index < -0.39 is 0 Å². The molecule has 16 heavy (non-hydrogen) atoms. The van der Waals surface area contributed by atoms with Crippen LogP contribution in [0.3, 0.4) is 0 Å². The Morgan fingerprint density at radius 3 is 3.12 bits per heavy atom. The van der Waals surface area contributed by atoms with E-state index in [0.717, 1.165) is 32.5 Å². The Balaban J connectivity index is 1.77. The molecular formula is C10H16N4O2. The van der Waals surface area contributed by atoms with Gasteiger partial charge in [-0.05, 0) is 6.42 Å². The van der Waals surface area contributed by atoms with Gasteiger partial charge in [-0.2, -0.15) is 0 Å². The number of nitrogens with zero attached hydrogens (tertiary/aromatic N) is 3. The molecule has 2 aliphatic heterocycles. The van der Waals surface area contributed by atoms with Crippen LogP contribution in [-0.4, -0.2) is 40.2 Å². The molecule has 6 nitrogen and oxygen atoms in total. The molecule has 1 spiro atoms. The van der Waals surface area contributed by atoms with Gasteiger partial charge in [0.25, 0.3) is 0 Å². The van der Waals surface area contributed by atoms with Crippen molar-refractivity contribution in [3.63, 3.8) is 0 Å². The first kappa shape index (κ1) is 10.0. The quantitative estimate of drug-likeness (QED) is 0.746. The molecule has 2 unspecified atom stereocenters. The summed E-state index contributed by atoms with van der Waals surface area (Å²) in [6, 6.07) is 0.334. The van der Waals surface area contributed by atoms with E-state index in [1.807, 2.05) is 4.68 Å². The van der Waals surface area contributed by atoms with Crippen molar-refractivity contribution in [2.75, 3.05) is 25.6 Å². The third kappa shape index (κ3) is 1.68. The lowest BCUT2D eigenvalue weighted by Crippen LogP contribution is -2.41. The zero-order valence-corrected chi connectivity index (χ0v) is 9.13. The van der Waals surface area contributed by atoms with E-state index >= 15 is 0 Å². The smallest absolute Gasteiger partial charge is 0.239 e. The predicted octanol–water partition coefficient (Wildman–Crippen LogP) is 0.371. The van der Waals surface area contributed by atoms with E-state index in [1.165, 1.54) is 0 Å². The van der Waals surface area contributed by atoms with Gasteiger partial charge in [-0.25, -0.2) is 9.67 Å². The largest absolute Gasteiger partial charge is 0.378 e. The first-order chi connectivity index (χ1) is 7.77. The highest BCUT2D eigenvalue weighted by Gasteiger charge is 2.41. The van der Waals surface area contributed by atoms with Crippen LogP contribution in [0.4, 0.5) is 5.95 Å². The molecule has 2 atom stereocenters. The maximum absolute atomic E-state index is 5.87. The Morgan fingerprint density at radius 1 is 1.50 bits per heavy atom. The SMILES string of the molecule is Nc1ncn(C2CCOC3(CCOC3)C2)n1. The van der Waals surface area contributed by atoms with Crippen LogP contribution in [-0.2, 0) is 9.47 Å². The molecule has 0 bridgehead atoms. The van der Waals surface area contributed by atoms with Gasteiger partial charge in [0.1, 0.15) is 6.33 Å². The summed E-state index contributed by atoms with van der Waals surface area (Å²) >= 11 is 0. The average molecular weight is 224 g/mol. The van der Waals surface area contributed by atoms with Crippen LogP contribution >= 0.6 is 0 Å². The van der Waals surface area contributed by atoms with Crippen LogP contribution in [0.15, 0.2) is 6.33 Å². The highest BCUT2D eigenvalue weighted by atomic mass is 16.6. The number of hydrogen-bond acceptors (Lipinski definition) is 5. The number of aromatic nitrogens is 3. The minimum absolute atomic E-state index is 0.0936. The third-order valence-corrected chi connectivity index (χ3v) is 3.43. The second-order valence-electron chi connectivity index (χ2n) is 4.56. The molecule has 3 rings (SSSR count). The maximum Gasteiger partial charge on any atom is 0.239 e. The minimum atomic E-state index is -0.0936. The van der Waals surface area contributed by atoms with Crippen LogP contribution in [0.2, 0.25) is 0 Å². The van der Waals surface area contributed by atoms with Crippen molar-refractivity contribution < 1.29 is 9.47 Å². The fourth-order valence-electron chi connectivity index (χ4n) is 2.56. The summed E-state index contributed by atoms with van der Waals surface area (Å²) in [6.45, 7) is 2.26. The van der Waals surface area contributed by atoms with Crippen molar-refractivity contribution in [2.24, 2.45) is 0 Å². The maximum atomic E-state index is 5.87. The standard InChI is InChI=1S/C10H16N4O2/c11-9-12-7-14(13-9)8-1-3-16-10(5-8)2-4-15-6-10/h7-8H,1-6H2,(H2,11,13). The van der Waals surface area contributed by atoms with Crippen LogP contribution in [0.1, 0.15) is 25.3 Å². The number of hydrogen-bond donors (Lipinski definition) is 1. The normalized spacial score (nSPS) is 34.6. The Labute approximate surface area is 93.7 Å². The van der Waals surface area contributed by atoms with Crippen LogP contribution in [0, 0.1) is 0 Å². The summed E-state index contributed by atoms with van der Waals surface area (Å²) in [7, 11) is 0. The number of nitrogen functional groups attached to an aromatic ring is 1. The summed E-state index contributed by atoms with van der Waals surface area (Å²) in [5.74, 6) is 0.336. The molecule has 2 saturated heterocycles. The van der Waals surface area contributed by atoms with E-state index in [0.29, 0.717) is 18.6 Å². The van der Waals surface area contributed by atoms with Crippen LogP contribution in [0.5, 0.6) is 0 Å². The lowest BCUT2D eigenvalue weighted by Gasteiger charge is -2.36. The number of ether oxygens (including phenoxy) is 2. The van der Waals surface area contributed by atoms with Gasteiger partial charge in [-0.1, -0.05) is 0 Å². The van der Waals surface area contributed by atoms with Gasteiger partial charge in [0.15, 0.2) is 0 Å². The van der Waals surface area contributed by atoms with Gasteiger partial charge in [0, 0.05) is 26.1 Å². The van der Waals surface area contributed by atoms with Crippen LogP contribution < -0.4 is 5.73 Å². The minimum Gasteiger partial charge on any atom is -0.378 e. The Bertz CT molecular complexity index is 373. The highest BCUT2D eigenvalue weighted by Crippen LogP contribution is 2.37. The molecule has 1 aromatic heterocycles. The second-order valence-corrected chi connectivity index (χ2v) is 4.56. The van der Waals surface area contributed by atoms with Gasteiger partial charge in [-0.15, -0.1) is 5.10 Å². The number of rotatable bonds is 1. The zero-order valence-electron chi connectivity index (χ0n) is 9.13. The molecule has 6 heteroatoms. The Hall–Kier alpha value is -1.14.